The van der Waals surface area contributed by atoms with Gasteiger partial charge in [0.2, 0.25) is 0 Å². The van der Waals surface area contributed by atoms with E-state index in [-0.39, 0.29) is 16.4 Å². The van der Waals surface area contributed by atoms with Crippen LogP contribution < -0.4 is 10.0 Å². The topological polar surface area (TPSA) is 101 Å². The van der Waals surface area contributed by atoms with Crippen molar-refractivity contribution in [2.75, 3.05) is 37.3 Å². The zero-order valence-electron chi connectivity index (χ0n) is 20.5. The maximum Gasteiger partial charge on any atom is 0.264 e. The zero-order chi connectivity index (χ0) is 25.2. The molecule has 1 aromatic heterocycles. The standard InChI is InChI=1S/C25H32N4O4S2/c1-17(2)16-25(33-4)12-14-29(15-13-25)23(30)18-8-10-19(11-9-18)28-35(31,32)21-7-5-6-20-22(21)27-24(26-3)34-20/h5-11,17,28H,12-16H2,1-4H3,(H,26,27). The number of amides is 1. The largest absolute Gasteiger partial charge is 0.378 e. The molecule has 1 amide bonds. The van der Waals surface area contributed by atoms with E-state index < -0.39 is 10.0 Å². The van der Waals surface area contributed by atoms with Crippen LogP contribution in [0.2, 0.25) is 0 Å². The smallest absolute Gasteiger partial charge is 0.264 e. The summed E-state index contributed by atoms with van der Waals surface area (Å²) in [6.45, 7) is 5.65. The molecule has 2 heterocycles. The maximum atomic E-state index is 13.1. The van der Waals surface area contributed by atoms with Crippen LogP contribution in [0.4, 0.5) is 10.8 Å². The molecule has 10 heteroatoms. The highest BCUT2D eigenvalue weighted by Crippen LogP contribution is 2.33. The SMILES string of the molecule is CNc1nc2c(S(=O)(=O)Nc3ccc(C(=O)N4CCC(CC(C)C)(OC)CC4)cc3)cccc2s1. The fourth-order valence-corrected chi connectivity index (χ4v) is 6.81. The molecule has 0 unspecified atom stereocenters. The number of carbonyl (C=O) groups is 1. The second-order valence-corrected chi connectivity index (χ2v) is 12.0. The van der Waals surface area contributed by atoms with E-state index in [1.165, 1.54) is 17.4 Å². The van der Waals surface area contributed by atoms with Crippen LogP contribution in [0.25, 0.3) is 10.2 Å². The Bertz CT molecular complexity index is 1290. The number of likely N-dealkylation sites (tertiary alicyclic amines) is 1. The molecule has 0 atom stereocenters. The first-order chi connectivity index (χ1) is 16.7. The van der Waals surface area contributed by atoms with Crippen molar-refractivity contribution in [3.8, 4) is 0 Å². The van der Waals surface area contributed by atoms with E-state index in [9.17, 15) is 13.2 Å². The number of aromatic nitrogens is 1. The van der Waals surface area contributed by atoms with Gasteiger partial charge in [-0.1, -0.05) is 31.3 Å². The summed E-state index contributed by atoms with van der Waals surface area (Å²) in [5.74, 6) is 0.474. The van der Waals surface area contributed by atoms with Crippen LogP contribution in [-0.2, 0) is 14.8 Å². The van der Waals surface area contributed by atoms with Gasteiger partial charge in [-0.05, 0) is 61.6 Å². The summed E-state index contributed by atoms with van der Waals surface area (Å²) in [6, 6.07) is 11.6. The summed E-state index contributed by atoms with van der Waals surface area (Å²) in [5, 5.41) is 3.60. The minimum Gasteiger partial charge on any atom is -0.378 e. The first-order valence-corrected chi connectivity index (χ1v) is 14.0. The fraction of sp³-hybridized carbons (Fsp3) is 0.440. The molecule has 0 radical (unpaired) electrons. The Morgan fingerprint density at radius 1 is 1.17 bits per heavy atom. The number of piperidine rings is 1. The average Bonchev–Trinajstić information content (AvgIpc) is 3.27. The van der Waals surface area contributed by atoms with Gasteiger partial charge in [0, 0.05) is 38.5 Å². The minimum atomic E-state index is -3.86. The van der Waals surface area contributed by atoms with Gasteiger partial charge in [0.25, 0.3) is 15.9 Å². The van der Waals surface area contributed by atoms with Crippen LogP contribution in [-0.4, -0.2) is 57.1 Å². The van der Waals surface area contributed by atoms with Gasteiger partial charge >= 0.3 is 0 Å². The molecular weight excluding hydrogens is 484 g/mol. The Kier molecular flexibility index (Phi) is 7.35. The van der Waals surface area contributed by atoms with Crippen LogP contribution in [0.1, 0.15) is 43.5 Å². The molecular formula is C25H32N4O4S2. The number of hydrogen-bond donors (Lipinski definition) is 2. The molecule has 0 saturated carbocycles. The third kappa shape index (κ3) is 5.44. The van der Waals surface area contributed by atoms with E-state index in [1.807, 2.05) is 11.0 Å². The monoisotopic (exact) mass is 516 g/mol. The van der Waals surface area contributed by atoms with Crippen molar-refractivity contribution in [1.82, 2.24) is 9.88 Å². The molecule has 0 spiro atoms. The van der Waals surface area contributed by atoms with Gasteiger partial charge in [0.15, 0.2) is 5.13 Å². The van der Waals surface area contributed by atoms with Gasteiger partial charge in [0.1, 0.15) is 10.4 Å². The lowest BCUT2D eigenvalue weighted by atomic mass is 9.83. The van der Waals surface area contributed by atoms with E-state index >= 15 is 0 Å². The summed E-state index contributed by atoms with van der Waals surface area (Å²) in [6.07, 6.45) is 2.59. The number of ether oxygens (including phenoxy) is 1. The van der Waals surface area contributed by atoms with E-state index in [1.54, 1.807) is 44.5 Å². The van der Waals surface area contributed by atoms with Gasteiger partial charge in [0.05, 0.1) is 10.3 Å². The van der Waals surface area contributed by atoms with Crippen LogP contribution in [0.5, 0.6) is 0 Å². The molecule has 1 fully saturated rings. The number of para-hydroxylation sites is 1. The van der Waals surface area contributed by atoms with E-state index in [4.69, 9.17) is 4.74 Å². The van der Waals surface area contributed by atoms with Crippen molar-refractivity contribution < 1.29 is 17.9 Å². The minimum absolute atomic E-state index is 0.0551. The third-order valence-electron chi connectivity index (χ3n) is 6.44. The number of rotatable bonds is 8. The van der Waals surface area contributed by atoms with Gasteiger partial charge < -0.3 is 15.0 Å². The number of methoxy groups -OCH3 is 1. The molecule has 35 heavy (non-hydrogen) atoms. The summed E-state index contributed by atoms with van der Waals surface area (Å²) in [4.78, 5) is 19.4. The lowest BCUT2D eigenvalue weighted by Crippen LogP contribution is -2.48. The van der Waals surface area contributed by atoms with Crippen molar-refractivity contribution in [2.45, 2.75) is 43.6 Å². The normalized spacial score (nSPS) is 16.0. The number of hydrogen-bond acceptors (Lipinski definition) is 7. The highest BCUT2D eigenvalue weighted by molar-refractivity contribution is 7.93. The molecule has 1 aliphatic rings. The van der Waals surface area contributed by atoms with Crippen molar-refractivity contribution in [3.05, 3.63) is 48.0 Å². The summed E-state index contributed by atoms with van der Waals surface area (Å²) >= 11 is 1.39. The van der Waals surface area contributed by atoms with Gasteiger partial charge in [-0.25, -0.2) is 13.4 Å². The molecule has 1 saturated heterocycles. The van der Waals surface area contributed by atoms with Crippen molar-refractivity contribution in [2.24, 2.45) is 5.92 Å². The van der Waals surface area contributed by atoms with E-state index in [2.05, 4.69) is 28.9 Å². The third-order valence-corrected chi connectivity index (χ3v) is 8.90. The molecule has 0 aliphatic carbocycles. The quantitative estimate of drug-likeness (QED) is 0.446. The van der Waals surface area contributed by atoms with Crippen molar-refractivity contribution >= 4 is 48.3 Å². The van der Waals surface area contributed by atoms with Crippen molar-refractivity contribution in [1.29, 1.82) is 0 Å². The number of anilines is 2. The Morgan fingerprint density at radius 3 is 2.46 bits per heavy atom. The Labute approximate surface area is 210 Å². The number of nitrogens with one attached hydrogen (secondary N) is 2. The molecule has 2 N–H and O–H groups in total. The van der Waals surface area contributed by atoms with Gasteiger partial charge in [-0.15, -0.1) is 0 Å². The molecule has 8 nitrogen and oxygen atoms in total. The molecule has 2 aromatic carbocycles. The lowest BCUT2D eigenvalue weighted by molar-refractivity contribution is -0.0650. The number of carbonyl (C=O) groups excluding carboxylic acids is 1. The van der Waals surface area contributed by atoms with Crippen LogP contribution in [0, 0.1) is 5.92 Å². The average molecular weight is 517 g/mol. The first-order valence-electron chi connectivity index (χ1n) is 11.7. The highest BCUT2D eigenvalue weighted by atomic mass is 32.2. The van der Waals surface area contributed by atoms with Gasteiger partial charge in [-0.3, -0.25) is 9.52 Å². The second kappa shape index (κ2) is 10.1. The number of thiazole rings is 1. The fourth-order valence-electron chi connectivity index (χ4n) is 4.67. The second-order valence-electron chi connectivity index (χ2n) is 9.33. The predicted octanol–water partition coefficient (Wildman–Crippen LogP) is 4.81. The molecule has 1 aliphatic heterocycles. The number of nitrogens with zero attached hydrogens (tertiary/aromatic N) is 2. The molecule has 4 rings (SSSR count). The van der Waals surface area contributed by atoms with E-state index in [0.717, 1.165) is 24.0 Å². The summed E-state index contributed by atoms with van der Waals surface area (Å²) < 4.78 is 35.4. The van der Waals surface area contributed by atoms with Crippen molar-refractivity contribution in [3.63, 3.8) is 0 Å². The number of sulfonamides is 1. The number of benzene rings is 2. The lowest BCUT2D eigenvalue weighted by Gasteiger charge is -2.42. The summed E-state index contributed by atoms with van der Waals surface area (Å²) in [7, 11) is -0.353. The van der Waals surface area contributed by atoms with Gasteiger partial charge in [-0.2, -0.15) is 0 Å². The Hall–Kier alpha value is -2.69. The zero-order valence-corrected chi connectivity index (χ0v) is 22.1. The maximum absolute atomic E-state index is 13.1. The Balaban J connectivity index is 1.45. The highest BCUT2D eigenvalue weighted by Gasteiger charge is 2.36. The Morgan fingerprint density at radius 2 is 1.86 bits per heavy atom. The van der Waals surface area contributed by atoms with Crippen LogP contribution in [0.3, 0.4) is 0 Å². The molecule has 3 aromatic rings. The van der Waals surface area contributed by atoms with Crippen LogP contribution in [0.15, 0.2) is 47.4 Å². The predicted molar refractivity (Wildman–Crippen MR) is 141 cm³/mol. The first kappa shape index (κ1) is 25.4. The van der Waals surface area contributed by atoms with E-state index in [0.29, 0.717) is 40.9 Å². The summed E-state index contributed by atoms with van der Waals surface area (Å²) in [5.41, 5.74) is 1.18. The number of fused-ring (bicyclic) bond motifs is 1. The van der Waals surface area contributed by atoms with Crippen LogP contribution >= 0.6 is 11.3 Å². The molecule has 0 bridgehead atoms. The molecule has 188 valence electrons.